The fourth-order valence-electron chi connectivity index (χ4n) is 1.93. The quantitative estimate of drug-likeness (QED) is 0.811. The molecule has 0 atom stereocenters. The maximum atomic E-state index is 13.1. The average molecular weight is 261 g/mol. The van der Waals surface area contributed by atoms with Crippen molar-refractivity contribution >= 4 is 0 Å². The van der Waals surface area contributed by atoms with Gasteiger partial charge in [0.1, 0.15) is 11.6 Å². The van der Waals surface area contributed by atoms with Gasteiger partial charge in [-0.3, -0.25) is 0 Å². The Morgan fingerprint density at radius 3 is 2.32 bits per heavy atom. The lowest BCUT2D eigenvalue weighted by Gasteiger charge is -2.06. The lowest BCUT2D eigenvalue weighted by atomic mass is 10.1. The second kappa shape index (κ2) is 6.43. The van der Waals surface area contributed by atoms with Gasteiger partial charge in [-0.1, -0.05) is 24.3 Å². The summed E-state index contributed by atoms with van der Waals surface area (Å²) in [5.41, 5.74) is 2.83. The SMILES string of the molecule is Cc1cc(CNCCc2ccc(F)cc2)ccc1F. The summed E-state index contributed by atoms with van der Waals surface area (Å²) in [5.74, 6) is -0.381. The molecule has 0 saturated carbocycles. The van der Waals surface area contributed by atoms with E-state index in [0.717, 1.165) is 24.1 Å². The van der Waals surface area contributed by atoms with Crippen LogP contribution in [0.5, 0.6) is 0 Å². The van der Waals surface area contributed by atoms with Crippen LogP contribution in [0.25, 0.3) is 0 Å². The van der Waals surface area contributed by atoms with Gasteiger partial charge in [0, 0.05) is 6.54 Å². The highest BCUT2D eigenvalue weighted by atomic mass is 19.1. The lowest BCUT2D eigenvalue weighted by molar-refractivity contribution is 0.615. The van der Waals surface area contributed by atoms with Gasteiger partial charge in [0.15, 0.2) is 0 Å². The lowest BCUT2D eigenvalue weighted by Crippen LogP contribution is -2.16. The Morgan fingerprint density at radius 2 is 1.63 bits per heavy atom. The highest BCUT2D eigenvalue weighted by Crippen LogP contribution is 2.09. The average Bonchev–Trinajstić information content (AvgIpc) is 2.41. The molecule has 1 N–H and O–H groups in total. The Kier molecular flexibility index (Phi) is 4.63. The number of rotatable bonds is 5. The Bertz CT molecular complexity index is 535. The van der Waals surface area contributed by atoms with Crippen LogP contribution in [0.1, 0.15) is 16.7 Å². The maximum Gasteiger partial charge on any atom is 0.126 e. The second-order valence-electron chi connectivity index (χ2n) is 4.64. The monoisotopic (exact) mass is 261 g/mol. The topological polar surface area (TPSA) is 12.0 Å². The van der Waals surface area contributed by atoms with Crippen LogP contribution in [-0.4, -0.2) is 6.54 Å². The number of halogens is 2. The van der Waals surface area contributed by atoms with Crippen molar-refractivity contribution in [2.45, 2.75) is 19.9 Å². The molecular formula is C16H17F2N. The minimum atomic E-state index is -0.210. The van der Waals surface area contributed by atoms with Crippen LogP contribution in [0.3, 0.4) is 0 Å². The third-order valence-electron chi connectivity index (χ3n) is 3.06. The number of aryl methyl sites for hydroxylation is 1. The van der Waals surface area contributed by atoms with Crippen LogP contribution in [0.15, 0.2) is 42.5 Å². The van der Waals surface area contributed by atoms with Crippen LogP contribution in [0.2, 0.25) is 0 Å². The smallest absolute Gasteiger partial charge is 0.126 e. The summed E-state index contributed by atoms with van der Waals surface area (Å²) >= 11 is 0. The molecule has 0 radical (unpaired) electrons. The highest BCUT2D eigenvalue weighted by molar-refractivity contribution is 5.23. The zero-order valence-electron chi connectivity index (χ0n) is 10.9. The molecule has 1 nitrogen and oxygen atoms in total. The number of hydrogen-bond donors (Lipinski definition) is 1. The van der Waals surface area contributed by atoms with Crippen LogP contribution < -0.4 is 5.32 Å². The summed E-state index contributed by atoms with van der Waals surface area (Å²) in [6.45, 7) is 3.28. The molecule has 2 rings (SSSR count). The van der Waals surface area contributed by atoms with E-state index < -0.39 is 0 Å². The van der Waals surface area contributed by atoms with Gasteiger partial charge < -0.3 is 5.32 Å². The fraction of sp³-hybridized carbons (Fsp3) is 0.250. The van der Waals surface area contributed by atoms with Gasteiger partial charge in [0.05, 0.1) is 0 Å². The Morgan fingerprint density at radius 1 is 0.947 bits per heavy atom. The maximum absolute atomic E-state index is 13.1. The summed E-state index contributed by atoms with van der Waals surface area (Å²) in [5, 5.41) is 3.30. The first-order valence-electron chi connectivity index (χ1n) is 6.35. The molecule has 3 heteroatoms. The normalized spacial score (nSPS) is 10.7. The molecule has 100 valence electrons. The van der Waals surface area contributed by atoms with Crippen molar-refractivity contribution < 1.29 is 8.78 Å². The first kappa shape index (κ1) is 13.7. The standard InChI is InChI=1S/C16H17F2N/c1-12-10-14(4-7-16(12)18)11-19-9-8-13-2-5-15(17)6-3-13/h2-7,10,19H,8-9,11H2,1H3. The fourth-order valence-corrected chi connectivity index (χ4v) is 1.93. The zero-order chi connectivity index (χ0) is 13.7. The number of hydrogen-bond acceptors (Lipinski definition) is 1. The van der Waals surface area contributed by atoms with Crippen molar-refractivity contribution in [2.24, 2.45) is 0 Å². The van der Waals surface area contributed by atoms with Gasteiger partial charge in [0.2, 0.25) is 0 Å². The van der Waals surface area contributed by atoms with Gasteiger partial charge in [-0.15, -0.1) is 0 Å². The van der Waals surface area contributed by atoms with Gasteiger partial charge in [-0.25, -0.2) is 8.78 Å². The molecule has 0 aliphatic heterocycles. The van der Waals surface area contributed by atoms with Crippen LogP contribution in [0.4, 0.5) is 8.78 Å². The summed E-state index contributed by atoms with van der Waals surface area (Å²) in [6, 6.07) is 11.6. The van der Waals surface area contributed by atoms with Gasteiger partial charge >= 0.3 is 0 Å². The molecule has 2 aromatic carbocycles. The van der Waals surface area contributed by atoms with E-state index >= 15 is 0 Å². The van der Waals surface area contributed by atoms with E-state index in [1.807, 2.05) is 6.07 Å². The van der Waals surface area contributed by atoms with Gasteiger partial charge in [-0.05, 0) is 54.8 Å². The van der Waals surface area contributed by atoms with Crippen molar-refractivity contribution in [3.8, 4) is 0 Å². The van der Waals surface area contributed by atoms with E-state index in [9.17, 15) is 8.78 Å². The molecule has 0 amide bonds. The third kappa shape index (κ3) is 4.14. The molecule has 0 unspecified atom stereocenters. The van der Waals surface area contributed by atoms with E-state index in [1.54, 1.807) is 25.1 Å². The van der Waals surface area contributed by atoms with Crippen molar-refractivity contribution in [1.29, 1.82) is 0 Å². The molecule has 0 heterocycles. The predicted octanol–water partition coefficient (Wildman–Crippen LogP) is 3.61. The second-order valence-corrected chi connectivity index (χ2v) is 4.64. The van der Waals surface area contributed by atoms with Crippen LogP contribution in [0, 0.1) is 18.6 Å². The first-order chi connectivity index (χ1) is 9.15. The Hall–Kier alpha value is -1.74. The zero-order valence-corrected chi connectivity index (χ0v) is 10.9. The molecule has 0 aromatic heterocycles. The largest absolute Gasteiger partial charge is 0.312 e. The van der Waals surface area contributed by atoms with Crippen LogP contribution >= 0.6 is 0 Å². The Balaban J connectivity index is 1.77. The molecule has 2 aromatic rings. The van der Waals surface area contributed by atoms with Gasteiger partial charge in [0.25, 0.3) is 0 Å². The van der Waals surface area contributed by atoms with E-state index in [0.29, 0.717) is 12.1 Å². The molecule has 0 aliphatic rings. The van der Waals surface area contributed by atoms with E-state index in [4.69, 9.17) is 0 Å². The summed E-state index contributed by atoms with van der Waals surface area (Å²) < 4.78 is 25.8. The minimum Gasteiger partial charge on any atom is -0.312 e. The predicted molar refractivity (Wildman–Crippen MR) is 72.9 cm³/mol. The van der Waals surface area contributed by atoms with Gasteiger partial charge in [-0.2, -0.15) is 0 Å². The van der Waals surface area contributed by atoms with Crippen molar-refractivity contribution in [3.05, 3.63) is 70.8 Å². The molecule has 19 heavy (non-hydrogen) atoms. The number of nitrogens with one attached hydrogen (secondary N) is 1. The minimum absolute atomic E-state index is 0.171. The molecule has 0 fully saturated rings. The highest BCUT2D eigenvalue weighted by Gasteiger charge is 1.99. The van der Waals surface area contributed by atoms with Crippen molar-refractivity contribution in [1.82, 2.24) is 5.32 Å². The summed E-state index contributed by atoms with van der Waals surface area (Å²) in [7, 11) is 0. The summed E-state index contributed by atoms with van der Waals surface area (Å²) in [6.07, 6.45) is 0.848. The molecule has 0 spiro atoms. The Labute approximate surface area is 112 Å². The molecular weight excluding hydrogens is 244 g/mol. The van der Waals surface area contributed by atoms with E-state index in [2.05, 4.69) is 5.32 Å². The van der Waals surface area contributed by atoms with Crippen LogP contribution in [-0.2, 0) is 13.0 Å². The van der Waals surface area contributed by atoms with E-state index in [-0.39, 0.29) is 11.6 Å². The molecule has 0 bridgehead atoms. The molecule has 0 aliphatic carbocycles. The third-order valence-corrected chi connectivity index (χ3v) is 3.06. The molecule has 0 saturated heterocycles. The summed E-state index contributed by atoms with van der Waals surface area (Å²) in [4.78, 5) is 0. The number of benzene rings is 2. The van der Waals surface area contributed by atoms with Crippen molar-refractivity contribution in [2.75, 3.05) is 6.54 Å². The van der Waals surface area contributed by atoms with Crippen molar-refractivity contribution in [3.63, 3.8) is 0 Å². The first-order valence-corrected chi connectivity index (χ1v) is 6.35. The van der Waals surface area contributed by atoms with E-state index in [1.165, 1.54) is 18.2 Å².